The summed E-state index contributed by atoms with van der Waals surface area (Å²) in [5.41, 5.74) is 3.87. The van der Waals surface area contributed by atoms with Gasteiger partial charge in [0, 0.05) is 36.3 Å². The molecular formula is C22H27N5O2S. The molecular weight excluding hydrogens is 398 g/mol. The summed E-state index contributed by atoms with van der Waals surface area (Å²) in [6.07, 6.45) is 1.91. The number of nitrogens with one attached hydrogen (secondary N) is 3. The van der Waals surface area contributed by atoms with E-state index >= 15 is 0 Å². The Morgan fingerprint density at radius 3 is 2.77 bits per heavy atom. The predicted molar refractivity (Wildman–Crippen MR) is 119 cm³/mol. The number of rotatable bonds is 5. The second kappa shape index (κ2) is 8.55. The number of aryl methyl sites for hydroxylation is 2. The maximum absolute atomic E-state index is 12.4. The second-order valence-corrected chi connectivity index (χ2v) is 8.58. The van der Waals surface area contributed by atoms with Crippen LogP contribution in [0, 0.1) is 13.8 Å². The SMILES string of the molecule is Cc1cc(C)nc(-c2cccc3c2O[C@@H](CNC(=O)C[C@@H]2C[C@@H](C)NC(=S)N2)C3)n1. The van der Waals surface area contributed by atoms with Crippen LogP contribution in [0.25, 0.3) is 11.4 Å². The van der Waals surface area contributed by atoms with Crippen LogP contribution in [0.1, 0.15) is 36.7 Å². The van der Waals surface area contributed by atoms with E-state index in [4.69, 9.17) is 17.0 Å². The van der Waals surface area contributed by atoms with Gasteiger partial charge in [-0.2, -0.15) is 0 Å². The maximum Gasteiger partial charge on any atom is 0.222 e. The van der Waals surface area contributed by atoms with Crippen molar-refractivity contribution >= 4 is 23.2 Å². The summed E-state index contributed by atoms with van der Waals surface area (Å²) in [6.45, 7) is 6.46. The highest BCUT2D eigenvalue weighted by atomic mass is 32.1. The Labute approximate surface area is 182 Å². The zero-order chi connectivity index (χ0) is 21.3. The Kier molecular flexibility index (Phi) is 5.85. The number of fused-ring (bicyclic) bond motifs is 1. The van der Waals surface area contributed by atoms with Gasteiger partial charge in [0.05, 0.1) is 12.1 Å². The van der Waals surface area contributed by atoms with Crippen LogP contribution in [0.15, 0.2) is 24.3 Å². The first-order chi connectivity index (χ1) is 14.4. The van der Waals surface area contributed by atoms with Gasteiger partial charge in [-0.25, -0.2) is 9.97 Å². The minimum atomic E-state index is -0.100. The van der Waals surface area contributed by atoms with Gasteiger partial charge in [0.25, 0.3) is 0 Å². The molecule has 8 heteroatoms. The number of carbonyl (C=O) groups is 1. The average Bonchev–Trinajstić information content (AvgIpc) is 3.08. The summed E-state index contributed by atoms with van der Waals surface area (Å²) in [4.78, 5) is 21.6. The van der Waals surface area contributed by atoms with Gasteiger partial charge in [-0.15, -0.1) is 0 Å². The van der Waals surface area contributed by atoms with Gasteiger partial charge < -0.3 is 20.7 Å². The smallest absolute Gasteiger partial charge is 0.222 e. The lowest BCUT2D eigenvalue weighted by Crippen LogP contribution is -2.54. The number of nitrogens with zero attached hydrogens (tertiary/aromatic N) is 2. The van der Waals surface area contributed by atoms with Gasteiger partial charge in [-0.3, -0.25) is 4.79 Å². The zero-order valence-corrected chi connectivity index (χ0v) is 18.3. The van der Waals surface area contributed by atoms with Crippen molar-refractivity contribution in [2.75, 3.05) is 6.54 Å². The van der Waals surface area contributed by atoms with Crippen molar-refractivity contribution in [1.29, 1.82) is 0 Å². The van der Waals surface area contributed by atoms with Crippen molar-refractivity contribution in [2.45, 2.75) is 58.2 Å². The van der Waals surface area contributed by atoms with Crippen LogP contribution >= 0.6 is 12.2 Å². The zero-order valence-electron chi connectivity index (χ0n) is 17.5. The number of carbonyl (C=O) groups excluding carboxylic acids is 1. The van der Waals surface area contributed by atoms with Crippen molar-refractivity contribution < 1.29 is 9.53 Å². The fourth-order valence-corrected chi connectivity index (χ4v) is 4.50. The molecule has 7 nitrogen and oxygen atoms in total. The van der Waals surface area contributed by atoms with E-state index in [1.165, 1.54) is 0 Å². The van der Waals surface area contributed by atoms with Crippen LogP contribution in [0.5, 0.6) is 5.75 Å². The standard InChI is InChI=1S/C22H27N5O2S/c1-12-7-13(2)25-21(24-12)18-6-4-5-15-9-17(29-20(15)18)11-23-19(28)10-16-8-14(3)26-22(30)27-16/h4-7,14,16-17H,8-11H2,1-3H3,(H,23,28)(H2,26,27,30)/t14-,16+,17-/m1/s1. The lowest BCUT2D eigenvalue weighted by atomic mass is 10.0. The molecule has 2 aromatic rings. The Morgan fingerprint density at radius 1 is 1.27 bits per heavy atom. The van der Waals surface area contributed by atoms with Crippen LogP contribution in [0.3, 0.4) is 0 Å². The molecule has 0 bridgehead atoms. The van der Waals surface area contributed by atoms with E-state index in [-0.39, 0.29) is 24.1 Å². The van der Waals surface area contributed by atoms with Crippen LogP contribution < -0.4 is 20.7 Å². The molecule has 3 N–H and O–H groups in total. The number of thiocarbonyl (C=S) groups is 1. The van der Waals surface area contributed by atoms with Gasteiger partial charge in [0.2, 0.25) is 5.91 Å². The molecule has 1 aromatic heterocycles. The Bertz CT molecular complexity index is 960. The number of hydrogen-bond donors (Lipinski definition) is 3. The molecule has 2 aliphatic heterocycles. The molecule has 1 amide bonds. The largest absolute Gasteiger partial charge is 0.487 e. The van der Waals surface area contributed by atoms with Crippen molar-refractivity contribution in [3.63, 3.8) is 0 Å². The first-order valence-corrected chi connectivity index (χ1v) is 10.7. The van der Waals surface area contributed by atoms with E-state index < -0.39 is 0 Å². The third-order valence-corrected chi connectivity index (χ3v) is 5.60. The van der Waals surface area contributed by atoms with Crippen molar-refractivity contribution in [3.8, 4) is 17.1 Å². The van der Waals surface area contributed by atoms with Crippen molar-refractivity contribution in [3.05, 3.63) is 41.2 Å². The predicted octanol–water partition coefficient (Wildman–Crippen LogP) is 2.20. The summed E-state index contributed by atoms with van der Waals surface area (Å²) in [5, 5.41) is 9.95. The minimum Gasteiger partial charge on any atom is -0.487 e. The topological polar surface area (TPSA) is 88.2 Å². The first-order valence-electron chi connectivity index (χ1n) is 10.3. The third kappa shape index (κ3) is 4.70. The Hall–Kier alpha value is -2.74. The van der Waals surface area contributed by atoms with Crippen LogP contribution in [0.4, 0.5) is 0 Å². The second-order valence-electron chi connectivity index (χ2n) is 8.17. The molecule has 3 atom stereocenters. The van der Waals surface area contributed by atoms with Gasteiger partial charge in [0.15, 0.2) is 10.9 Å². The van der Waals surface area contributed by atoms with E-state index in [2.05, 4.69) is 38.9 Å². The molecule has 1 saturated heterocycles. The molecule has 1 aromatic carbocycles. The monoisotopic (exact) mass is 425 g/mol. The van der Waals surface area contributed by atoms with Crippen molar-refractivity contribution in [2.24, 2.45) is 0 Å². The molecule has 0 saturated carbocycles. The van der Waals surface area contributed by atoms with Crippen LogP contribution in [-0.2, 0) is 11.2 Å². The number of ether oxygens (including phenoxy) is 1. The van der Waals surface area contributed by atoms with E-state index in [0.29, 0.717) is 23.9 Å². The highest BCUT2D eigenvalue weighted by molar-refractivity contribution is 7.80. The highest BCUT2D eigenvalue weighted by Gasteiger charge is 2.28. The molecule has 0 aliphatic carbocycles. The summed E-state index contributed by atoms with van der Waals surface area (Å²) in [6, 6.07) is 8.34. The molecule has 4 rings (SSSR count). The van der Waals surface area contributed by atoms with Gasteiger partial charge in [-0.1, -0.05) is 12.1 Å². The molecule has 30 heavy (non-hydrogen) atoms. The van der Waals surface area contributed by atoms with Gasteiger partial charge >= 0.3 is 0 Å². The molecule has 2 aliphatic rings. The van der Waals surface area contributed by atoms with E-state index in [9.17, 15) is 4.79 Å². The van der Waals surface area contributed by atoms with Crippen LogP contribution in [0.2, 0.25) is 0 Å². The van der Waals surface area contributed by atoms with Crippen LogP contribution in [-0.4, -0.2) is 45.7 Å². The Balaban J connectivity index is 1.37. The third-order valence-electron chi connectivity index (χ3n) is 5.36. The van der Waals surface area contributed by atoms with Gasteiger partial charge in [0.1, 0.15) is 11.9 Å². The number of benzene rings is 1. The Morgan fingerprint density at radius 2 is 2.03 bits per heavy atom. The molecule has 3 heterocycles. The van der Waals surface area contributed by atoms with Crippen molar-refractivity contribution in [1.82, 2.24) is 25.9 Å². The number of para-hydroxylation sites is 1. The average molecular weight is 426 g/mol. The maximum atomic E-state index is 12.4. The highest BCUT2D eigenvalue weighted by Crippen LogP contribution is 2.37. The number of aromatic nitrogens is 2. The summed E-state index contributed by atoms with van der Waals surface area (Å²) in [7, 11) is 0. The minimum absolute atomic E-state index is 0.00169. The molecule has 1 fully saturated rings. The number of hydrogen-bond acceptors (Lipinski definition) is 5. The summed E-state index contributed by atoms with van der Waals surface area (Å²) in [5.74, 6) is 1.50. The fraction of sp³-hybridized carbons (Fsp3) is 0.455. The number of amides is 1. The van der Waals surface area contributed by atoms with Gasteiger partial charge in [-0.05, 0) is 57.1 Å². The summed E-state index contributed by atoms with van der Waals surface area (Å²) >= 11 is 5.19. The first kappa shape index (κ1) is 20.5. The molecule has 0 radical (unpaired) electrons. The lowest BCUT2D eigenvalue weighted by Gasteiger charge is -2.30. The van der Waals surface area contributed by atoms with E-state index in [0.717, 1.165) is 41.1 Å². The molecule has 0 unspecified atom stereocenters. The normalized spacial score (nSPS) is 22.5. The molecule has 158 valence electrons. The lowest BCUT2D eigenvalue weighted by molar-refractivity contribution is -0.121. The van der Waals surface area contributed by atoms with E-state index in [1.54, 1.807) is 0 Å². The molecule has 0 spiro atoms. The van der Waals surface area contributed by atoms with E-state index in [1.807, 2.05) is 32.0 Å². The fourth-order valence-electron chi connectivity index (χ4n) is 4.13. The summed E-state index contributed by atoms with van der Waals surface area (Å²) < 4.78 is 6.21. The quantitative estimate of drug-likeness (QED) is 0.633.